The molecule has 0 spiro atoms. The average molecular weight is 245 g/mol. The first-order chi connectivity index (χ1) is 8.75. The quantitative estimate of drug-likeness (QED) is 0.423. The molecule has 0 aromatic carbocycles. The number of pyridine rings is 1. The van der Waals surface area contributed by atoms with Gasteiger partial charge in [0.2, 0.25) is 0 Å². The lowest BCUT2D eigenvalue weighted by Gasteiger charge is -2.02. The van der Waals surface area contributed by atoms with Crippen LogP contribution in [0.5, 0.6) is 0 Å². The van der Waals surface area contributed by atoms with Crippen molar-refractivity contribution in [1.82, 2.24) is 25.2 Å². The highest BCUT2D eigenvalue weighted by atomic mass is 16.2. The molecule has 0 saturated heterocycles. The topological polar surface area (TPSA) is 111 Å². The molecule has 1 amide bonds. The van der Waals surface area contributed by atoms with Crippen LogP contribution < -0.4 is 11.2 Å². The van der Waals surface area contributed by atoms with E-state index in [0.29, 0.717) is 5.56 Å². The molecule has 18 heavy (non-hydrogen) atoms. The fourth-order valence-corrected chi connectivity index (χ4v) is 1.21. The molecule has 92 valence electrons. The van der Waals surface area contributed by atoms with Crippen molar-refractivity contribution in [3.05, 3.63) is 42.7 Å². The lowest BCUT2D eigenvalue weighted by molar-refractivity contribution is 0.0954. The number of carbonyl (C=O) groups excluding carboxylic acids is 1. The summed E-state index contributed by atoms with van der Waals surface area (Å²) in [7, 11) is 0. The summed E-state index contributed by atoms with van der Waals surface area (Å²) >= 11 is 0. The Hall–Kier alpha value is -2.77. The normalized spacial score (nSPS) is 11.2. The second-order valence-corrected chi connectivity index (χ2v) is 3.37. The summed E-state index contributed by atoms with van der Waals surface area (Å²) in [4.78, 5) is 19.2. The third kappa shape index (κ3) is 3.11. The third-order valence-corrected chi connectivity index (χ3v) is 2.03. The molecule has 0 radical (unpaired) electrons. The van der Waals surface area contributed by atoms with Crippen LogP contribution in [0.1, 0.15) is 10.4 Å². The number of nitrogens with one attached hydrogen (secondary N) is 1. The van der Waals surface area contributed by atoms with Gasteiger partial charge in [0, 0.05) is 18.0 Å². The van der Waals surface area contributed by atoms with Crippen molar-refractivity contribution in [2.75, 3.05) is 0 Å². The number of hydrazone groups is 1. The zero-order valence-electron chi connectivity index (χ0n) is 9.39. The monoisotopic (exact) mass is 245 g/mol. The minimum absolute atomic E-state index is 0.225. The average Bonchev–Trinajstić information content (AvgIpc) is 2.90. The van der Waals surface area contributed by atoms with Gasteiger partial charge in [-0.15, -0.1) is 0 Å². The molecule has 0 atom stereocenters. The summed E-state index contributed by atoms with van der Waals surface area (Å²) in [6, 6.07) is 3.16. The first-order valence-corrected chi connectivity index (χ1v) is 5.10. The highest BCUT2D eigenvalue weighted by Gasteiger charge is 2.03. The Balaban J connectivity index is 1.92. The van der Waals surface area contributed by atoms with E-state index in [1.807, 2.05) is 0 Å². The van der Waals surface area contributed by atoms with Crippen molar-refractivity contribution in [3.8, 4) is 0 Å². The fourth-order valence-electron chi connectivity index (χ4n) is 1.21. The summed E-state index contributed by atoms with van der Waals surface area (Å²) in [6.45, 7) is 0.261. The van der Waals surface area contributed by atoms with Gasteiger partial charge in [0.25, 0.3) is 5.91 Å². The third-order valence-electron chi connectivity index (χ3n) is 2.03. The van der Waals surface area contributed by atoms with Crippen molar-refractivity contribution in [1.29, 1.82) is 0 Å². The highest BCUT2D eigenvalue weighted by molar-refractivity contribution is 5.94. The lowest BCUT2D eigenvalue weighted by atomic mass is 10.3. The van der Waals surface area contributed by atoms with Crippen molar-refractivity contribution in [3.63, 3.8) is 0 Å². The maximum Gasteiger partial charge on any atom is 0.271 e. The van der Waals surface area contributed by atoms with Crippen molar-refractivity contribution in [2.45, 2.75) is 6.54 Å². The number of rotatable bonds is 4. The number of amides is 1. The Bertz CT molecular complexity index is 535. The number of nitrogens with two attached hydrogens (primary N) is 1. The Labute approximate surface area is 103 Å². The summed E-state index contributed by atoms with van der Waals surface area (Å²) in [6.07, 6.45) is 5.95. The molecule has 0 bridgehead atoms. The van der Waals surface area contributed by atoms with Crippen LogP contribution in [0.3, 0.4) is 0 Å². The van der Waals surface area contributed by atoms with E-state index in [2.05, 4.69) is 25.6 Å². The SMILES string of the molecule is NC(Cn1cncn1)=NNC(=O)c1ccncc1. The molecule has 0 fully saturated rings. The molecule has 0 aliphatic heterocycles. The summed E-state index contributed by atoms with van der Waals surface area (Å²) < 4.78 is 1.50. The van der Waals surface area contributed by atoms with Gasteiger partial charge in [0.05, 0.1) is 0 Å². The Morgan fingerprint density at radius 2 is 2.17 bits per heavy atom. The van der Waals surface area contributed by atoms with Gasteiger partial charge in [0.1, 0.15) is 25.0 Å². The van der Waals surface area contributed by atoms with Crippen LogP contribution in [0.2, 0.25) is 0 Å². The minimum atomic E-state index is -0.348. The number of hydrogen-bond acceptors (Lipinski definition) is 5. The largest absolute Gasteiger partial charge is 0.384 e. The van der Waals surface area contributed by atoms with Gasteiger partial charge < -0.3 is 5.73 Å². The van der Waals surface area contributed by atoms with Gasteiger partial charge in [-0.3, -0.25) is 9.78 Å². The van der Waals surface area contributed by atoms with Crippen LogP contribution in [0, 0.1) is 0 Å². The van der Waals surface area contributed by atoms with Gasteiger partial charge in [-0.1, -0.05) is 0 Å². The molecular formula is C10H11N7O. The number of hydrogen-bond donors (Lipinski definition) is 2. The molecular weight excluding hydrogens is 234 g/mol. The summed E-state index contributed by atoms with van der Waals surface area (Å²) in [5.41, 5.74) is 8.43. The first kappa shape index (κ1) is 11.7. The van der Waals surface area contributed by atoms with E-state index >= 15 is 0 Å². The molecule has 0 aliphatic carbocycles. The molecule has 3 N–H and O–H groups in total. The maximum absolute atomic E-state index is 11.6. The van der Waals surface area contributed by atoms with Crippen LogP contribution in [-0.4, -0.2) is 31.5 Å². The number of aromatic nitrogens is 4. The molecule has 2 rings (SSSR count). The van der Waals surface area contributed by atoms with E-state index in [0.717, 1.165) is 0 Å². The van der Waals surface area contributed by atoms with Gasteiger partial charge >= 0.3 is 0 Å². The van der Waals surface area contributed by atoms with E-state index in [-0.39, 0.29) is 18.3 Å². The molecule has 0 aliphatic rings. The van der Waals surface area contributed by atoms with E-state index in [1.165, 1.54) is 29.7 Å². The van der Waals surface area contributed by atoms with Crippen LogP contribution in [-0.2, 0) is 6.54 Å². The lowest BCUT2D eigenvalue weighted by Crippen LogP contribution is -2.26. The molecule has 8 nitrogen and oxygen atoms in total. The first-order valence-electron chi connectivity index (χ1n) is 5.10. The van der Waals surface area contributed by atoms with Crippen LogP contribution in [0.15, 0.2) is 42.3 Å². The molecule has 0 saturated carbocycles. The molecule has 8 heteroatoms. The van der Waals surface area contributed by atoms with Gasteiger partial charge in [-0.2, -0.15) is 10.2 Å². The van der Waals surface area contributed by atoms with E-state index in [9.17, 15) is 4.79 Å². The standard InChI is InChI=1S/C10H11N7O/c11-9(5-17-7-13-6-14-17)15-16-10(18)8-1-3-12-4-2-8/h1-4,6-7H,5H2,(H2,11,15)(H,16,18). The van der Waals surface area contributed by atoms with E-state index in [4.69, 9.17) is 5.73 Å². The maximum atomic E-state index is 11.6. The number of amidine groups is 1. The zero-order chi connectivity index (χ0) is 12.8. The smallest absolute Gasteiger partial charge is 0.271 e. The second-order valence-electron chi connectivity index (χ2n) is 3.37. The van der Waals surface area contributed by atoms with Crippen LogP contribution >= 0.6 is 0 Å². The predicted molar refractivity (Wildman–Crippen MR) is 63.3 cm³/mol. The Morgan fingerprint density at radius 1 is 1.39 bits per heavy atom. The molecule has 2 aromatic rings. The van der Waals surface area contributed by atoms with Crippen molar-refractivity contribution < 1.29 is 4.79 Å². The van der Waals surface area contributed by atoms with E-state index < -0.39 is 0 Å². The molecule has 2 heterocycles. The molecule has 0 unspecified atom stereocenters. The second kappa shape index (κ2) is 5.53. The predicted octanol–water partition coefficient (Wildman–Crippen LogP) is -0.625. The summed E-state index contributed by atoms with van der Waals surface area (Å²) in [5.74, 6) is -0.123. The number of carbonyl (C=O) groups is 1. The fraction of sp³-hybridized carbons (Fsp3) is 0.100. The van der Waals surface area contributed by atoms with Gasteiger partial charge in [0.15, 0.2) is 0 Å². The van der Waals surface area contributed by atoms with Crippen molar-refractivity contribution >= 4 is 11.7 Å². The molecule has 2 aromatic heterocycles. The van der Waals surface area contributed by atoms with Crippen LogP contribution in [0.4, 0.5) is 0 Å². The van der Waals surface area contributed by atoms with Gasteiger partial charge in [-0.05, 0) is 12.1 Å². The Morgan fingerprint density at radius 3 is 2.83 bits per heavy atom. The zero-order valence-corrected chi connectivity index (χ0v) is 9.39. The minimum Gasteiger partial charge on any atom is -0.384 e. The highest BCUT2D eigenvalue weighted by Crippen LogP contribution is 1.95. The van der Waals surface area contributed by atoms with Gasteiger partial charge in [-0.25, -0.2) is 15.1 Å². The van der Waals surface area contributed by atoms with Crippen molar-refractivity contribution in [2.24, 2.45) is 10.8 Å². The van der Waals surface area contributed by atoms with Crippen LogP contribution in [0.25, 0.3) is 0 Å². The van der Waals surface area contributed by atoms with E-state index in [1.54, 1.807) is 12.1 Å². The summed E-state index contributed by atoms with van der Waals surface area (Å²) in [5, 5.41) is 7.63. The Kier molecular flexibility index (Phi) is 3.59. The number of nitrogens with zero attached hydrogens (tertiary/aromatic N) is 5.